The molecule has 0 radical (unpaired) electrons. The molecule has 0 bridgehead atoms. The molecule has 3 rings (SSSR count). The average Bonchev–Trinajstić information content (AvgIpc) is 2.95. The molecule has 0 saturated heterocycles. The molecule has 0 aliphatic heterocycles. The number of benzene rings is 1. The third-order valence-electron chi connectivity index (χ3n) is 3.46. The standard InChI is InChI=1S/C15H13F3N6O/c1-21-14-11(13(20)22-6-23-14)12(19)10-5-7-4-8(25-15(16,17)18)2-3-9(7)24-10/h2-6,19,24H,1H3,(H3,20,21,22,23). The van der Waals surface area contributed by atoms with E-state index in [2.05, 4.69) is 25.0 Å². The Morgan fingerprint density at radius 1 is 1.28 bits per heavy atom. The number of ether oxygens (including phenoxy) is 1. The molecule has 0 aliphatic rings. The summed E-state index contributed by atoms with van der Waals surface area (Å²) in [4.78, 5) is 10.8. The quantitative estimate of drug-likeness (QED) is 0.541. The average molecular weight is 350 g/mol. The molecule has 10 heteroatoms. The molecule has 3 aromatic rings. The topological polar surface area (TPSA) is 113 Å². The zero-order chi connectivity index (χ0) is 18.2. The summed E-state index contributed by atoms with van der Waals surface area (Å²) in [7, 11) is 1.63. The second-order valence-electron chi connectivity index (χ2n) is 5.09. The number of aromatic nitrogens is 3. The zero-order valence-corrected chi connectivity index (χ0v) is 12.9. The van der Waals surface area contributed by atoms with Gasteiger partial charge in [0.05, 0.1) is 17.0 Å². The van der Waals surface area contributed by atoms with Crippen molar-refractivity contribution in [2.45, 2.75) is 6.36 Å². The smallest absolute Gasteiger partial charge is 0.406 e. The number of halogens is 3. The third kappa shape index (κ3) is 3.32. The Kier molecular flexibility index (Phi) is 3.95. The van der Waals surface area contributed by atoms with Gasteiger partial charge in [0, 0.05) is 18.0 Å². The van der Waals surface area contributed by atoms with Gasteiger partial charge in [-0.25, -0.2) is 9.97 Å². The molecule has 0 saturated carbocycles. The number of H-pyrrole nitrogens is 1. The van der Waals surface area contributed by atoms with E-state index in [1.54, 1.807) is 7.05 Å². The second kappa shape index (κ2) is 5.96. The predicted octanol–water partition coefficient (Wildman–Crippen LogP) is 2.90. The van der Waals surface area contributed by atoms with Crippen LogP contribution in [-0.4, -0.2) is 34.1 Å². The largest absolute Gasteiger partial charge is 0.573 e. The summed E-state index contributed by atoms with van der Waals surface area (Å²) in [6.07, 6.45) is -3.50. The molecule has 0 fully saturated rings. The van der Waals surface area contributed by atoms with Gasteiger partial charge in [-0.15, -0.1) is 13.2 Å². The molecule has 25 heavy (non-hydrogen) atoms. The van der Waals surface area contributed by atoms with E-state index in [4.69, 9.17) is 11.1 Å². The number of hydrogen-bond donors (Lipinski definition) is 4. The van der Waals surface area contributed by atoms with Gasteiger partial charge in [-0.05, 0) is 24.3 Å². The first-order chi connectivity index (χ1) is 11.8. The maximum Gasteiger partial charge on any atom is 0.573 e. The van der Waals surface area contributed by atoms with Gasteiger partial charge in [0.2, 0.25) is 0 Å². The first-order valence-electron chi connectivity index (χ1n) is 7.04. The monoisotopic (exact) mass is 350 g/mol. The minimum atomic E-state index is -4.77. The van der Waals surface area contributed by atoms with Crippen LogP contribution in [0, 0.1) is 5.41 Å². The van der Waals surface area contributed by atoms with Gasteiger partial charge in [-0.1, -0.05) is 0 Å². The van der Waals surface area contributed by atoms with Gasteiger partial charge in [0.15, 0.2) is 0 Å². The molecule has 0 spiro atoms. The number of nitrogens with two attached hydrogens (primary N) is 1. The van der Waals surface area contributed by atoms with E-state index in [0.717, 1.165) is 0 Å². The van der Waals surface area contributed by atoms with Crippen LogP contribution < -0.4 is 15.8 Å². The maximum atomic E-state index is 12.3. The highest BCUT2D eigenvalue weighted by molar-refractivity contribution is 6.16. The summed E-state index contributed by atoms with van der Waals surface area (Å²) in [5.74, 6) is 0.150. The Bertz CT molecular complexity index is 950. The van der Waals surface area contributed by atoms with E-state index in [9.17, 15) is 13.2 Å². The predicted molar refractivity (Wildman–Crippen MR) is 86.9 cm³/mol. The molecule has 2 heterocycles. The van der Waals surface area contributed by atoms with Crippen LogP contribution in [0.15, 0.2) is 30.6 Å². The lowest BCUT2D eigenvalue weighted by Crippen LogP contribution is -2.16. The van der Waals surface area contributed by atoms with Crippen molar-refractivity contribution >= 4 is 28.3 Å². The van der Waals surface area contributed by atoms with Crippen LogP contribution in [0.3, 0.4) is 0 Å². The van der Waals surface area contributed by atoms with Crippen molar-refractivity contribution in [1.82, 2.24) is 15.0 Å². The molecule has 0 aliphatic carbocycles. The first-order valence-corrected chi connectivity index (χ1v) is 7.04. The number of rotatable bonds is 4. The van der Waals surface area contributed by atoms with Gasteiger partial charge in [0.25, 0.3) is 0 Å². The lowest BCUT2D eigenvalue weighted by atomic mass is 10.1. The number of hydrogen-bond acceptors (Lipinski definition) is 6. The molecule has 0 unspecified atom stereocenters. The van der Waals surface area contributed by atoms with E-state index in [-0.39, 0.29) is 17.3 Å². The molecular formula is C15H13F3N6O. The van der Waals surface area contributed by atoms with Crippen LogP contribution in [0.4, 0.5) is 24.8 Å². The summed E-state index contributed by atoms with van der Waals surface area (Å²) in [6, 6.07) is 5.41. The summed E-state index contributed by atoms with van der Waals surface area (Å²) in [6.45, 7) is 0. The first kappa shape index (κ1) is 16.6. The minimum Gasteiger partial charge on any atom is -0.406 e. The number of nitrogen functional groups attached to an aromatic ring is 1. The Hall–Kier alpha value is -3.30. The second-order valence-corrected chi connectivity index (χ2v) is 5.09. The van der Waals surface area contributed by atoms with E-state index in [1.807, 2.05) is 0 Å². The molecule has 2 aromatic heterocycles. The Morgan fingerprint density at radius 3 is 2.72 bits per heavy atom. The van der Waals surface area contributed by atoms with Crippen molar-refractivity contribution < 1.29 is 17.9 Å². The van der Waals surface area contributed by atoms with Gasteiger partial charge in [-0.3, -0.25) is 5.41 Å². The van der Waals surface area contributed by atoms with E-state index in [0.29, 0.717) is 28.0 Å². The van der Waals surface area contributed by atoms with Crippen molar-refractivity contribution in [3.63, 3.8) is 0 Å². The summed E-state index contributed by atoms with van der Waals surface area (Å²) >= 11 is 0. The fourth-order valence-corrected chi connectivity index (χ4v) is 2.41. The van der Waals surface area contributed by atoms with Crippen LogP contribution in [0.2, 0.25) is 0 Å². The lowest BCUT2D eigenvalue weighted by Gasteiger charge is -2.09. The molecule has 1 aromatic carbocycles. The van der Waals surface area contributed by atoms with E-state index >= 15 is 0 Å². The Labute approximate surface area is 139 Å². The number of nitrogens with zero attached hydrogens (tertiary/aromatic N) is 2. The third-order valence-corrected chi connectivity index (χ3v) is 3.46. The molecule has 130 valence electrons. The zero-order valence-electron chi connectivity index (χ0n) is 12.9. The van der Waals surface area contributed by atoms with Crippen LogP contribution in [0.25, 0.3) is 10.9 Å². The van der Waals surface area contributed by atoms with Crippen LogP contribution in [0.5, 0.6) is 5.75 Å². The number of alkyl halides is 3. The van der Waals surface area contributed by atoms with Crippen molar-refractivity contribution in [3.8, 4) is 5.75 Å². The number of nitrogens with one attached hydrogen (secondary N) is 3. The SMILES string of the molecule is CNc1ncnc(N)c1C(=N)c1cc2cc(OC(F)(F)F)ccc2[nH]1. The number of fused-ring (bicyclic) bond motifs is 1. The summed E-state index contributed by atoms with van der Waals surface area (Å²) < 4.78 is 40.9. The van der Waals surface area contributed by atoms with Crippen molar-refractivity contribution in [2.24, 2.45) is 0 Å². The van der Waals surface area contributed by atoms with Gasteiger partial charge < -0.3 is 20.8 Å². The minimum absolute atomic E-state index is 0.0111. The highest BCUT2D eigenvalue weighted by atomic mass is 19.4. The Morgan fingerprint density at radius 2 is 2.04 bits per heavy atom. The molecule has 7 nitrogen and oxygen atoms in total. The molecular weight excluding hydrogens is 337 g/mol. The van der Waals surface area contributed by atoms with Crippen LogP contribution >= 0.6 is 0 Å². The fourth-order valence-electron chi connectivity index (χ4n) is 2.41. The van der Waals surface area contributed by atoms with E-state index in [1.165, 1.54) is 30.6 Å². The van der Waals surface area contributed by atoms with Crippen molar-refractivity contribution in [3.05, 3.63) is 41.9 Å². The lowest BCUT2D eigenvalue weighted by molar-refractivity contribution is -0.274. The number of anilines is 2. The Balaban J connectivity index is 2.01. The molecule has 0 atom stereocenters. The molecule has 5 N–H and O–H groups in total. The molecule has 0 amide bonds. The van der Waals surface area contributed by atoms with Gasteiger partial charge >= 0.3 is 6.36 Å². The number of aromatic amines is 1. The highest BCUT2D eigenvalue weighted by Crippen LogP contribution is 2.28. The van der Waals surface area contributed by atoms with Crippen LogP contribution in [0.1, 0.15) is 11.3 Å². The van der Waals surface area contributed by atoms with E-state index < -0.39 is 6.36 Å². The normalized spacial score (nSPS) is 11.5. The van der Waals surface area contributed by atoms with Crippen LogP contribution in [-0.2, 0) is 0 Å². The maximum absolute atomic E-state index is 12.3. The summed E-state index contributed by atoms with van der Waals surface area (Å²) in [5.41, 5.74) is 7.05. The van der Waals surface area contributed by atoms with Crippen molar-refractivity contribution in [1.29, 1.82) is 5.41 Å². The van der Waals surface area contributed by atoms with Crippen molar-refractivity contribution in [2.75, 3.05) is 18.1 Å². The highest BCUT2D eigenvalue weighted by Gasteiger charge is 2.31. The fraction of sp³-hybridized carbons (Fsp3) is 0.133. The van der Waals surface area contributed by atoms with Gasteiger partial charge in [-0.2, -0.15) is 0 Å². The summed E-state index contributed by atoms with van der Waals surface area (Å²) in [5, 5.41) is 11.6. The van der Waals surface area contributed by atoms with Gasteiger partial charge in [0.1, 0.15) is 23.7 Å².